The van der Waals surface area contributed by atoms with Crippen molar-refractivity contribution in [1.82, 2.24) is 0 Å². The Morgan fingerprint density at radius 2 is 2.00 bits per heavy atom. The largest absolute Gasteiger partial charge is 0.377 e. The van der Waals surface area contributed by atoms with Crippen molar-refractivity contribution in [3.63, 3.8) is 0 Å². The van der Waals surface area contributed by atoms with Gasteiger partial charge in [0.15, 0.2) is 0 Å². The highest BCUT2D eigenvalue weighted by Gasteiger charge is 2.07. The van der Waals surface area contributed by atoms with Gasteiger partial charge in [-0.2, -0.15) is 0 Å². The van der Waals surface area contributed by atoms with Crippen molar-refractivity contribution >= 4 is 0 Å². The lowest BCUT2D eigenvalue weighted by molar-refractivity contribution is 0.140. The third-order valence-corrected chi connectivity index (χ3v) is 2.28. The van der Waals surface area contributed by atoms with Gasteiger partial charge in [-0.15, -0.1) is 0 Å². The van der Waals surface area contributed by atoms with Gasteiger partial charge in [-0.3, -0.25) is 0 Å². The molecule has 12 heavy (non-hydrogen) atoms. The molecule has 0 aromatic heterocycles. The Morgan fingerprint density at radius 3 is 2.58 bits per heavy atom. The molecule has 1 aromatic rings. The fraction of sp³-hybridized carbons (Fsp3) is 0.364. The van der Waals surface area contributed by atoms with Gasteiger partial charge in [0.1, 0.15) is 0 Å². The van der Waals surface area contributed by atoms with E-state index >= 15 is 0 Å². The van der Waals surface area contributed by atoms with Gasteiger partial charge in [0, 0.05) is 7.11 Å². The summed E-state index contributed by atoms with van der Waals surface area (Å²) in [5.74, 6) is 0. The molecule has 0 fully saturated rings. The summed E-state index contributed by atoms with van der Waals surface area (Å²) in [5.41, 5.74) is 3.75. The summed E-state index contributed by atoms with van der Waals surface area (Å²) >= 11 is 0. The number of methoxy groups -OCH3 is 1. The first-order chi connectivity index (χ1) is 5.66. The smallest absolute Gasteiger partial charge is 0.0824 e. The Kier molecular flexibility index (Phi) is 2.88. The molecule has 0 aliphatic heterocycles. The van der Waals surface area contributed by atoms with Gasteiger partial charge >= 0.3 is 0 Å². The summed E-state index contributed by atoms with van der Waals surface area (Å²) in [6.07, 6.45) is -0.0510. The standard InChI is InChI=1S/C11H15O/c1-8-6-5-7-11(9(8)2)10(3)12-4/h5-7,10H,3H2,1-2,4H3. The molecule has 0 aliphatic rings. The topological polar surface area (TPSA) is 9.23 Å². The molecule has 0 bridgehead atoms. The summed E-state index contributed by atoms with van der Waals surface area (Å²) in [5, 5.41) is 0. The number of benzene rings is 1. The van der Waals surface area contributed by atoms with E-state index in [0.717, 1.165) is 0 Å². The Bertz CT molecular complexity index is 266. The molecule has 0 amide bonds. The van der Waals surface area contributed by atoms with Crippen molar-refractivity contribution in [2.75, 3.05) is 7.11 Å². The monoisotopic (exact) mass is 163 g/mol. The maximum atomic E-state index is 5.16. The average Bonchev–Trinajstić information content (AvgIpc) is 2.08. The van der Waals surface area contributed by atoms with Crippen molar-refractivity contribution in [3.05, 3.63) is 41.8 Å². The molecular weight excluding hydrogens is 148 g/mol. The number of rotatable bonds is 2. The second kappa shape index (κ2) is 3.72. The van der Waals surface area contributed by atoms with Gasteiger partial charge in [0.05, 0.1) is 6.10 Å². The molecule has 0 spiro atoms. The quantitative estimate of drug-likeness (QED) is 0.651. The molecule has 0 aliphatic carbocycles. The summed E-state index contributed by atoms with van der Waals surface area (Å²) in [7, 11) is 1.68. The molecule has 1 aromatic carbocycles. The minimum atomic E-state index is -0.0510. The molecule has 1 radical (unpaired) electrons. The molecular formula is C11H15O. The van der Waals surface area contributed by atoms with Crippen LogP contribution >= 0.6 is 0 Å². The van der Waals surface area contributed by atoms with E-state index in [0.29, 0.717) is 0 Å². The van der Waals surface area contributed by atoms with E-state index in [1.807, 2.05) is 6.07 Å². The number of aryl methyl sites for hydroxylation is 1. The van der Waals surface area contributed by atoms with Crippen LogP contribution < -0.4 is 0 Å². The molecule has 0 saturated heterocycles. The minimum Gasteiger partial charge on any atom is -0.377 e. The van der Waals surface area contributed by atoms with Crippen LogP contribution in [0.2, 0.25) is 0 Å². The van der Waals surface area contributed by atoms with Gasteiger partial charge in [-0.25, -0.2) is 0 Å². The summed E-state index contributed by atoms with van der Waals surface area (Å²) < 4.78 is 5.16. The summed E-state index contributed by atoms with van der Waals surface area (Å²) in [6.45, 7) is 8.10. The van der Waals surface area contributed by atoms with Crippen molar-refractivity contribution in [3.8, 4) is 0 Å². The third-order valence-electron chi connectivity index (χ3n) is 2.28. The van der Waals surface area contributed by atoms with Crippen LogP contribution in [0, 0.1) is 20.8 Å². The van der Waals surface area contributed by atoms with E-state index in [-0.39, 0.29) is 6.10 Å². The molecule has 1 rings (SSSR count). The average molecular weight is 163 g/mol. The molecule has 65 valence electrons. The maximum Gasteiger partial charge on any atom is 0.0824 e. The summed E-state index contributed by atoms with van der Waals surface area (Å²) in [6, 6.07) is 6.19. The zero-order valence-corrected chi connectivity index (χ0v) is 7.92. The van der Waals surface area contributed by atoms with Gasteiger partial charge in [0.2, 0.25) is 0 Å². The second-order valence-electron chi connectivity index (χ2n) is 3.01. The molecule has 0 N–H and O–H groups in total. The molecule has 1 nitrogen and oxygen atoms in total. The molecule has 1 unspecified atom stereocenters. The first-order valence-corrected chi connectivity index (χ1v) is 4.08. The van der Waals surface area contributed by atoms with Crippen LogP contribution in [-0.4, -0.2) is 7.11 Å². The first kappa shape index (κ1) is 9.27. The number of ether oxygens (including phenoxy) is 1. The minimum absolute atomic E-state index is 0.0510. The van der Waals surface area contributed by atoms with Crippen LogP contribution in [0.5, 0.6) is 0 Å². The first-order valence-electron chi connectivity index (χ1n) is 4.08. The molecule has 0 heterocycles. The van der Waals surface area contributed by atoms with Crippen LogP contribution in [0.15, 0.2) is 18.2 Å². The highest BCUT2D eigenvalue weighted by Crippen LogP contribution is 2.21. The predicted octanol–water partition coefficient (Wildman–Crippen LogP) is 2.83. The van der Waals surface area contributed by atoms with E-state index in [1.165, 1.54) is 16.7 Å². The van der Waals surface area contributed by atoms with Crippen LogP contribution in [0.4, 0.5) is 0 Å². The van der Waals surface area contributed by atoms with Gasteiger partial charge in [0.25, 0.3) is 0 Å². The van der Waals surface area contributed by atoms with Crippen molar-refractivity contribution in [1.29, 1.82) is 0 Å². The lowest BCUT2D eigenvalue weighted by Crippen LogP contribution is -1.99. The van der Waals surface area contributed by atoms with E-state index in [2.05, 4.69) is 32.9 Å². The van der Waals surface area contributed by atoms with Crippen molar-refractivity contribution in [2.24, 2.45) is 0 Å². The predicted molar refractivity (Wildman–Crippen MR) is 51.0 cm³/mol. The van der Waals surface area contributed by atoms with E-state index in [1.54, 1.807) is 7.11 Å². The Labute approximate surface area is 74.4 Å². The molecule has 0 saturated carbocycles. The van der Waals surface area contributed by atoms with Gasteiger partial charge < -0.3 is 4.74 Å². The maximum absolute atomic E-state index is 5.16. The lowest BCUT2D eigenvalue weighted by atomic mass is 10.00. The van der Waals surface area contributed by atoms with E-state index < -0.39 is 0 Å². The lowest BCUT2D eigenvalue weighted by Gasteiger charge is -2.13. The fourth-order valence-corrected chi connectivity index (χ4v) is 1.25. The molecule has 1 heteroatoms. The number of hydrogen-bond acceptors (Lipinski definition) is 1. The Morgan fingerprint density at radius 1 is 1.33 bits per heavy atom. The second-order valence-corrected chi connectivity index (χ2v) is 3.01. The van der Waals surface area contributed by atoms with Crippen LogP contribution in [-0.2, 0) is 4.74 Å². The molecule has 1 atom stereocenters. The zero-order chi connectivity index (χ0) is 9.14. The van der Waals surface area contributed by atoms with Crippen LogP contribution in [0.3, 0.4) is 0 Å². The highest BCUT2D eigenvalue weighted by atomic mass is 16.5. The highest BCUT2D eigenvalue weighted by molar-refractivity contribution is 5.35. The van der Waals surface area contributed by atoms with Crippen LogP contribution in [0.1, 0.15) is 22.8 Å². The third kappa shape index (κ3) is 1.67. The fourth-order valence-electron chi connectivity index (χ4n) is 1.25. The summed E-state index contributed by atoms with van der Waals surface area (Å²) in [4.78, 5) is 0. The van der Waals surface area contributed by atoms with Crippen molar-refractivity contribution in [2.45, 2.75) is 20.0 Å². The normalized spacial score (nSPS) is 13.0. The van der Waals surface area contributed by atoms with Crippen molar-refractivity contribution < 1.29 is 4.74 Å². The van der Waals surface area contributed by atoms with Gasteiger partial charge in [-0.05, 0) is 37.5 Å². The number of hydrogen-bond donors (Lipinski definition) is 0. The Balaban J connectivity index is 3.07. The van der Waals surface area contributed by atoms with E-state index in [9.17, 15) is 0 Å². The Hall–Kier alpha value is -0.820. The SMILES string of the molecule is [CH2]C(OC)c1cccc(C)c1C. The van der Waals surface area contributed by atoms with E-state index in [4.69, 9.17) is 4.74 Å². The zero-order valence-electron chi connectivity index (χ0n) is 7.92. The van der Waals surface area contributed by atoms with Gasteiger partial charge in [-0.1, -0.05) is 18.2 Å². The van der Waals surface area contributed by atoms with Crippen LogP contribution in [0.25, 0.3) is 0 Å².